The van der Waals surface area contributed by atoms with Crippen LogP contribution in [0.25, 0.3) is 36.5 Å². The zero-order valence-corrected chi connectivity index (χ0v) is 29.9. The minimum atomic E-state index is 0.422. The highest BCUT2D eigenvalue weighted by Gasteiger charge is 2.34. The van der Waals surface area contributed by atoms with E-state index in [-0.39, 0.29) is 0 Å². The Balaban J connectivity index is 1.35. The molecule has 1 aromatic heterocycles. The van der Waals surface area contributed by atoms with Gasteiger partial charge in [0.1, 0.15) is 10.0 Å². The van der Waals surface area contributed by atoms with Crippen LogP contribution >= 0.6 is 23.2 Å². The maximum Gasteiger partial charge on any atom is 0.161 e. The summed E-state index contributed by atoms with van der Waals surface area (Å²) in [5, 5.41) is 0.845. The van der Waals surface area contributed by atoms with Gasteiger partial charge in [-0.3, -0.25) is 9.80 Å². The number of halogens is 2. The van der Waals surface area contributed by atoms with Crippen molar-refractivity contribution in [3.63, 3.8) is 0 Å². The van der Waals surface area contributed by atoms with Crippen LogP contribution in [0.5, 0.6) is 0 Å². The molecule has 0 radical (unpaired) electrons. The van der Waals surface area contributed by atoms with E-state index >= 15 is 0 Å². The standard InChI is InChI=1S/C47H30Cl2N4/c48-43-45(51-37-19-7-1-13-31(37)25-26-32-14-2-8-20-38(32)51)44(49)47(53-41-23-11-5-17-35(41)29-30-36-18-6-12-24-42(36)53)50-46(43)52-39-21-9-3-15-33(39)27-28-34-16-4-10-22-40(34)52/h1-30H. The van der Waals surface area contributed by atoms with Crippen LogP contribution in [0.15, 0.2) is 146 Å². The van der Waals surface area contributed by atoms with Crippen molar-refractivity contribution in [3.8, 4) is 0 Å². The fraction of sp³-hybridized carbons (Fsp3) is 0. The molecular weight excluding hydrogens is 691 g/mol. The van der Waals surface area contributed by atoms with Crippen LogP contribution in [0.3, 0.4) is 0 Å². The summed E-state index contributed by atoms with van der Waals surface area (Å²) >= 11 is 15.8. The third-order valence-corrected chi connectivity index (χ3v) is 10.8. The Morgan fingerprint density at radius 1 is 0.302 bits per heavy atom. The minimum absolute atomic E-state index is 0.422. The second-order valence-electron chi connectivity index (χ2n) is 13.1. The van der Waals surface area contributed by atoms with E-state index < -0.39 is 0 Å². The molecule has 0 saturated heterocycles. The number of aromatic nitrogens is 1. The summed E-state index contributed by atoms with van der Waals surface area (Å²) in [5.41, 5.74) is 12.6. The summed E-state index contributed by atoms with van der Waals surface area (Å²) in [6, 6.07) is 50.1. The van der Waals surface area contributed by atoms with E-state index in [0.29, 0.717) is 27.4 Å². The Hall–Kier alpha value is -6.33. The molecule has 0 atom stereocenters. The lowest BCUT2D eigenvalue weighted by Crippen LogP contribution is -2.21. The number of nitrogens with zero attached hydrogens (tertiary/aromatic N) is 4. The van der Waals surface area contributed by atoms with Gasteiger partial charge in [-0.15, -0.1) is 0 Å². The molecule has 3 aliphatic heterocycles. The number of hydrogen-bond acceptors (Lipinski definition) is 4. The van der Waals surface area contributed by atoms with E-state index in [0.717, 1.165) is 67.5 Å². The van der Waals surface area contributed by atoms with Gasteiger partial charge in [0.25, 0.3) is 0 Å². The SMILES string of the molecule is Clc1c(N2c3ccccc3C=Cc3ccccc32)nc(N2c3ccccc3C=Cc3ccccc32)c(Cl)c1N1c2ccccc2C=Cc2ccccc21. The molecule has 0 saturated carbocycles. The number of para-hydroxylation sites is 6. The number of fused-ring (bicyclic) bond motifs is 6. The molecule has 252 valence electrons. The van der Waals surface area contributed by atoms with Gasteiger partial charge in [-0.1, -0.05) is 169 Å². The van der Waals surface area contributed by atoms with E-state index in [1.165, 1.54) is 0 Å². The Morgan fingerprint density at radius 3 is 0.792 bits per heavy atom. The molecule has 0 N–H and O–H groups in total. The third-order valence-electron chi connectivity index (χ3n) is 10.1. The van der Waals surface area contributed by atoms with E-state index in [1.807, 2.05) is 0 Å². The molecule has 4 nitrogen and oxygen atoms in total. The van der Waals surface area contributed by atoms with Gasteiger partial charge in [-0.05, 0) is 69.8 Å². The Kier molecular flexibility index (Phi) is 7.53. The zero-order valence-electron chi connectivity index (χ0n) is 28.4. The summed E-state index contributed by atoms with van der Waals surface area (Å²) in [5.74, 6) is 1.12. The van der Waals surface area contributed by atoms with Crippen molar-refractivity contribution in [1.29, 1.82) is 0 Å². The first kappa shape index (κ1) is 31.4. The minimum Gasteiger partial charge on any atom is -0.306 e. The van der Waals surface area contributed by atoms with Crippen molar-refractivity contribution in [2.45, 2.75) is 0 Å². The number of hydrogen-bond donors (Lipinski definition) is 0. The topological polar surface area (TPSA) is 22.6 Å². The predicted octanol–water partition coefficient (Wildman–Crippen LogP) is 14.2. The van der Waals surface area contributed by atoms with Gasteiger partial charge < -0.3 is 4.90 Å². The van der Waals surface area contributed by atoms with Crippen LogP contribution in [-0.2, 0) is 0 Å². The summed E-state index contributed by atoms with van der Waals surface area (Å²) in [4.78, 5) is 12.1. The fourth-order valence-corrected chi connectivity index (χ4v) is 8.28. The van der Waals surface area contributed by atoms with Gasteiger partial charge in [0.05, 0.1) is 39.8 Å². The molecule has 6 aromatic carbocycles. The molecule has 0 amide bonds. The van der Waals surface area contributed by atoms with Gasteiger partial charge in [-0.2, -0.15) is 0 Å². The highest BCUT2D eigenvalue weighted by atomic mass is 35.5. The van der Waals surface area contributed by atoms with Gasteiger partial charge in [0.15, 0.2) is 11.6 Å². The van der Waals surface area contributed by atoms with Crippen LogP contribution in [0.2, 0.25) is 10.0 Å². The predicted molar refractivity (Wildman–Crippen MR) is 225 cm³/mol. The highest BCUT2D eigenvalue weighted by Crippen LogP contribution is 2.56. The largest absolute Gasteiger partial charge is 0.306 e. The Labute approximate surface area is 318 Å². The summed E-state index contributed by atoms with van der Waals surface area (Å²) in [6.07, 6.45) is 12.9. The first-order valence-electron chi connectivity index (χ1n) is 17.5. The monoisotopic (exact) mass is 720 g/mol. The molecule has 53 heavy (non-hydrogen) atoms. The van der Waals surface area contributed by atoms with Crippen molar-refractivity contribution in [3.05, 3.63) is 189 Å². The van der Waals surface area contributed by atoms with Crippen molar-refractivity contribution in [2.24, 2.45) is 0 Å². The van der Waals surface area contributed by atoms with Crippen molar-refractivity contribution in [1.82, 2.24) is 4.98 Å². The molecule has 7 aromatic rings. The van der Waals surface area contributed by atoms with Crippen LogP contribution in [0.4, 0.5) is 51.4 Å². The molecule has 0 aliphatic carbocycles. The van der Waals surface area contributed by atoms with E-state index in [4.69, 9.17) is 28.2 Å². The first-order chi connectivity index (χ1) is 26.2. The Morgan fingerprint density at radius 2 is 0.528 bits per heavy atom. The van der Waals surface area contributed by atoms with E-state index in [9.17, 15) is 0 Å². The Bertz CT molecular complexity index is 2420. The van der Waals surface area contributed by atoms with Gasteiger partial charge in [-0.25, -0.2) is 4.98 Å². The summed E-state index contributed by atoms with van der Waals surface area (Å²) < 4.78 is 0. The van der Waals surface area contributed by atoms with Crippen LogP contribution in [0, 0.1) is 0 Å². The van der Waals surface area contributed by atoms with Crippen LogP contribution in [0.1, 0.15) is 33.4 Å². The quantitative estimate of drug-likeness (QED) is 0.181. The lowest BCUT2D eigenvalue weighted by Gasteiger charge is -2.35. The fourth-order valence-electron chi connectivity index (χ4n) is 7.62. The lowest BCUT2D eigenvalue weighted by molar-refractivity contribution is 1.12. The van der Waals surface area contributed by atoms with E-state index in [2.05, 4.69) is 197 Å². The molecule has 0 spiro atoms. The molecule has 0 fully saturated rings. The maximum atomic E-state index is 7.89. The third kappa shape index (κ3) is 5.10. The molecule has 3 aliphatic rings. The van der Waals surface area contributed by atoms with Crippen molar-refractivity contribution >= 4 is 111 Å². The van der Waals surface area contributed by atoms with Crippen LogP contribution < -0.4 is 14.7 Å². The molecule has 4 heterocycles. The molecule has 6 heteroatoms. The van der Waals surface area contributed by atoms with Gasteiger partial charge in [0.2, 0.25) is 0 Å². The normalized spacial score (nSPS) is 13.5. The van der Waals surface area contributed by atoms with Crippen molar-refractivity contribution < 1.29 is 0 Å². The van der Waals surface area contributed by atoms with Crippen LogP contribution in [-0.4, -0.2) is 4.98 Å². The molecule has 10 rings (SSSR count). The zero-order chi connectivity index (χ0) is 35.5. The van der Waals surface area contributed by atoms with Gasteiger partial charge in [0, 0.05) is 0 Å². The first-order valence-corrected chi connectivity index (χ1v) is 18.3. The number of pyridine rings is 1. The van der Waals surface area contributed by atoms with Gasteiger partial charge >= 0.3 is 0 Å². The summed E-state index contributed by atoms with van der Waals surface area (Å²) in [6.45, 7) is 0. The molecule has 0 unspecified atom stereocenters. The van der Waals surface area contributed by atoms with E-state index in [1.54, 1.807) is 0 Å². The lowest BCUT2D eigenvalue weighted by atomic mass is 10.1. The average molecular weight is 722 g/mol. The van der Waals surface area contributed by atoms with Crippen molar-refractivity contribution in [2.75, 3.05) is 14.7 Å². The maximum absolute atomic E-state index is 7.89. The number of anilines is 9. The number of benzene rings is 6. The smallest absolute Gasteiger partial charge is 0.161 e. The second-order valence-corrected chi connectivity index (χ2v) is 13.9. The molecular formula is C47H30Cl2N4. The molecule has 0 bridgehead atoms. The highest BCUT2D eigenvalue weighted by molar-refractivity contribution is 6.43. The second kappa shape index (κ2) is 12.7. The number of rotatable bonds is 3. The summed E-state index contributed by atoms with van der Waals surface area (Å²) in [7, 11) is 0. The average Bonchev–Trinajstić information content (AvgIpc) is 3.56.